The fourth-order valence-corrected chi connectivity index (χ4v) is 1.96. The van der Waals surface area contributed by atoms with Crippen LogP contribution in [-0.2, 0) is 10.0 Å². The first-order valence-corrected chi connectivity index (χ1v) is 6.49. The summed E-state index contributed by atoms with van der Waals surface area (Å²) < 4.78 is 24.9. The monoisotopic (exact) mass is 203 g/mol. The molecule has 76 valence electrons. The Labute approximate surface area is 80.3 Å². The van der Waals surface area contributed by atoms with Crippen molar-refractivity contribution in [2.24, 2.45) is 22.2 Å². The van der Waals surface area contributed by atoms with Crippen LogP contribution in [0.5, 0.6) is 0 Å². The van der Waals surface area contributed by atoms with Crippen LogP contribution in [-0.4, -0.2) is 20.9 Å². The first-order valence-electron chi connectivity index (χ1n) is 4.64. The normalized spacial score (nSPS) is 29.5. The van der Waals surface area contributed by atoms with Gasteiger partial charge in [0, 0.05) is 6.21 Å². The minimum Gasteiger partial charge on any atom is -0.205 e. The standard InChI is InChI=1S/C9H17NO2S/c1-7(2)9-4-8(5-9)6-10-13(3,11)12/h6-9H,4-5H2,1-3H3/b10-6+. The van der Waals surface area contributed by atoms with Crippen molar-refractivity contribution in [3.63, 3.8) is 0 Å². The molecule has 0 saturated heterocycles. The third-order valence-electron chi connectivity index (χ3n) is 2.62. The zero-order chi connectivity index (χ0) is 10.1. The molecule has 0 spiro atoms. The largest absolute Gasteiger partial charge is 0.249 e. The highest BCUT2D eigenvalue weighted by Crippen LogP contribution is 2.37. The van der Waals surface area contributed by atoms with E-state index in [1.54, 1.807) is 6.21 Å². The van der Waals surface area contributed by atoms with Gasteiger partial charge in [-0.05, 0) is 30.6 Å². The Hall–Kier alpha value is -0.380. The van der Waals surface area contributed by atoms with Gasteiger partial charge in [-0.25, -0.2) is 8.42 Å². The summed E-state index contributed by atoms with van der Waals surface area (Å²) in [7, 11) is -3.16. The molecule has 0 heterocycles. The van der Waals surface area contributed by atoms with Crippen molar-refractivity contribution in [2.45, 2.75) is 26.7 Å². The lowest BCUT2D eigenvalue weighted by Crippen LogP contribution is -2.28. The van der Waals surface area contributed by atoms with Crippen molar-refractivity contribution in [1.29, 1.82) is 0 Å². The molecule has 0 aliphatic heterocycles. The van der Waals surface area contributed by atoms with Crippen LogP contribution in [0.1, 0.15) is 26.7 Å². The summed E-state index contributed by atoms with van der Waals surface area (Å²) >= 11 is 0. The lowest BCUT2D eigenvalue weighted by molar-refractivity contribution is 0.194. The predicted octanol–water partition coefficient (Wildman–Crippen LogP) is 1.70. The fourth-order valence-electron chi connectivity index (χ4n) is 1.57. The molecule has 0 aromatic carbocycles. The van der Waals surface area contributed by atoms with Crippen LogP contribution in [0.2, 0.25) is 0 Å². The summed E-state index contributed by atoms with van der Waals surface area (Å²) in [5, 5.41) is 0. The van der Waals surface area contributed by atoms with E-state index in [2.05, 4.69) is 18.2 Å². The molecule has 1 aliphatic rings. The smallest absolute Gasteiger partial charge is 0.205 e. The summed E-state index contributed by atoms with van der Waals surface area (Å²) in [5.41, 5.74) is 0. The van der Waals surface area contributed by atoms with E-state index in [0.29, 0.717) is 11.8 Å². The second kappa shape index (κ2) is 3.78. The summed E-state index contributed by atoms with van der Waals surface area (Å²) in [4.78, 5) is 0. The second-order valence-corrected chi connectivity index (χ2v) is 5.90. The maximum atomic E-state index is 10.7. The van der Waals surface area contributed by atoms with Gasteiger partial charge in [0.15, 0.2) is 0 Å². The van der Waals surface area contributed by atoms with Crippen LogP contribution < -0.4 is 0 Å². The molecule has 1 saturated carbocycles. The maximum Gasteiger partial charge on any atom is 0.249 e. The Morgan fingerprint density at radius 1 is 1.38 bits per heavy atom. The minimum atomic E-state index is -3.16. The Kier molecular flexibility index (Phi) is 3.11. The van der Waals surface area contributed by atoms with Crippen LogP contribution >= 0.6 is 0 Å². The van der Waals surface area contributed by atoms with Gasteiger partial charge < -0.3 is 0 Å². The van der Waals surface area contributed by atoms with E-state index in [4.69, 9.17) is 0 Å². The molecule has 0 radical (unpaired) electrons. The van der Waals surface area contributed by atoms with Crippen molar-refractivity contribution in [3.05, 3.63) is 0 Å². The number of sulfonamides is 1. The van der Waals surface area contributed by atoms with E-state index in [9.17, 15) is 8.42 Å². The minimum absolute atomic E-state index is 0.391. The third-order valence-corrected chi connectivity index (χ3v) is 3.12. The van der Waals surface area contributed by atoms with Crippen molar-refractivity contribution >= 4 is 16.2 Å². The molecule has 3 nitrogen and oxygen atoms in total. The van der Waals surface area contributed by atoms with Gasteiger partial charge >= 0.3 is 0 Å². The average Bonchev–Trinajstić information content (AvgIpc) is 1.79. The Bertz CT molecular complexity index is 287. The van der Waals surface area contributed by atoms with Gasteiger partial charge in [-0.2, -0.15) is 4.40 Å². The lowest BCUT2D eigenvalue weighted by Gasteiger charge is -2.35. The van der Waals surface area contributed by atoms with E-state index in [0.717, 1.165) is 25.0 Å². The van der Waals surface area contributed by atoms with E-state index < -0.39 is 10.0 Å². The molecule has 1 aliphatic carbocycles. The third kappa shape index (κ3) is 3.46. The first kappa shape index (κ1) is 10.7. The van der Waals surface area contributed by atoms with E-state index in [1.165, 1.54) is 0 Å². The fraction of sp³-hybridized carbons (Fsp3) is 0.889. The zero-order valence-electron chi connectivity index (χ0n) is 8.40. The molecule has 0 bridgehead atoms. The highest BCUT2D eigenvalue weighted by Gasteiger charge is 2.29. The zero-order valence-corrected chi connectivity index (χ0v) is 9.21. The molecule has 0 unspecified atom stereocenters. The molecule has 0 aromatic heterocycles. The molecular formula is C9H17NO2S. The van der Waals surface area contributed by atoms with Crippen molar-refractivity contribution in [3.8, 4) is 0 Å². The summed E-state index contributed by atoms with van der Waals surface area (Å²) in [6.07, 6.45) is 4.91. The van der Waals surface area contributed by atoms with E-state index in [1.807, 2.05) is 0 Å². The van der Waals surface area contributed by atoms with Crippen LogP contribution in [0.3, 0.4) is 0 Å². The van der Waals surface area contributed by atoms with Crippen LogP contribution in [0, 0.1) is 17.8 Å². The van der Waals surface area contributed by atoms with Gasteiger partial charge in [0.05, 0.1) is 6.26 Å². The molecule has 1 fully saturated rings. The van der Waals surface area contributed by atoms with Crippen LogP contribution in [0.4, 0.5) is 0 Å². The molecule has 0 aromatic rings. The Balaban J connectivity index is 2.34. The lowest BCUT2D eigenvalue weighted by atomic mass is 9.70. The van der Waals surface area contributed by atoms with Gasteiger partial charge in [-0.15, -0.1) is 0 Å². The van der Waals surface area contributed by atoms with Crippen molar-refractivity contribution < 1.29 is 8.42 Å². The van der Waals surface area contributed by atoms with Gasteiger partial charge in [-0.1, -0.05) is 13.8 Å². The number of nitrogens with zero attached hydrogens (tertiary/aromatic N) is 1. The van der Waals surface area contributed by atoms with Gasteiger partial charge in [-0.3, -0.25) is 0 Å². The van der Waals surface area contributed by atoms with Gasteiger partial charge in [0.1, 0.15) is 0 Å². The first-order chi connectivity index (χ1) is 5.88. The number of hydrogen-bond donors (Lipinski definition) is 0. The highest BCUT2D eigenvalue weighted by atomic mass is 32.2. The molecule has 0 atom stereocenters. The summed E-state index contributed by atoms with van der Waals surface area (Å²) in [6, 6.07) is 0. The van der Waals surface area contributed by atoms with Crippen molar-refractivity contribution in [1.82, 2.24) is 0 Å². The predicted molar refractivity (Wildman–Crippen MR) is 54.4 cm³/mol. The summed E-state index contributed by atoms with van der Waals surface area (Å²) in [6.45, 7) is 4.41. The van der Waals surface area contributed by atoms with Crippen molar-refractivity contribution in [2.75, 3.05) is 6.26 Å². The van der Waals surface area contributed by atoms with E-state index >= 15 is 0 Å². The second-order valence-electron chi connectivity index (χ2n) is 4.22. The SMILES string of the molecule is CC(C)C1CC(/C=N/S(C)(=O)=O)C1. The quantitative estimate of drug-likeness (QED) is 0.655. The number of rotatable bonds is 3. The molecular weight excluding hydrogens is 186 g/mol. The molecule has 0 N–H and O–H groups in total. The maximum absolute atomic E-state index is 10.7. The molecule has 1 rings (SSSR count). The van der Waals surface area contributed by atoms with Gasteiger partial charge in [0.2, 0.25) is 10.0 Å². The van der Waals surface area contributed by atoms with Crippen LogP contribution in [0.15, 0.2) is 4.40 Å². The topological polar surface area (TPSA) is 46.5 Å². The molecule has 13 heavy (non-hydrogen) atoms. The van der Waals surface area contributed by atoms with E-state index in [-0.39, 0.29) is 0 Å². The molecule has 0 amide bonds. The molecule has 4 heteroatoms. The Morgan fingerprint density at radius 3 is 2.31 bits per heavy atom. The van der Waals surface area contributed by atoms with Crippen LogP contribution in [0.25, 0.3) is 0 Å². The summed E-state index contributed by atoms with van der Waals surface area (Å²) in [5.74, 6) is 1.86. The average molecular weight is 203 g/mol. The Morgan fingerprint density at radius 2 is 1.92 bits per heavy atom. The number of hydrogen-bond acceptors (Lipinski definition) is 2. The van der Waals surface area contributed by atoms with Gasteiger partial charge in [0.25, 0.3) is 0 Å². The highest BCUT2D eigenvalue weighted by molar-refractivity contribution is 7.89.